The lowest BCUT2D eigenvalue weighted by Gasteiger charge is -2.37. The Bertz CT molecular complexity index is 706. The third-order valence-corrected chi connectivity index (χ3v) is 4.32. The first-order chi connectivity index (χ1) is 11.0. The highest BCUT2D eigenvalue weighted by atomic mass is 16.5. The first-order valence-corrected chi connectivity index (χ1v) is 7.88. The molecule has 1 unspecified atom stereocenters. The van der Waals surface area contributed by atoms with Gasteiger partial charge in [0.25, 0.3) is 5.91 Å². The molecule has 7 nitrogen and oxygen atoms in total. The lowest BCUT2D eigenvalue weighted by Crippen LogP contribution is -2.49. The van der Waals surface area contributed by atoms with Crippen molar-refractivity contribution in [3.05, 3.63) is 34.9 Å². The molecule has 1 amide bonds. The molecule has 1 aliphatic rings. The Balaban J connectivity index is 1.78. The second-order valence-corrected chi connectivity index (χ2v) is 6.00. The number of hydrogen-bond donors (Lipinski definition) is 0. The zero-order valence-corrected chi connectivity index (χ0v) is 14.0. The number of nitrogens with zero attached hydrogens (tertiary/aromatic N) is 4. The van der Waals surface area contributed by atoms with E-state index in [-0.39, 0.29) is 11.9 Å². The van der Waals surface area contributed by atoms with Gasteiger partial charge in [0, 0.05) is 26.1 Å². The van der Waals surface area contributed by atoms with E-state index in [0.717, 1.165) is 24.3 Å². The summed E-state index contributed by atoms with van der Waals surface area (Å²) in [4.78, 5) is 20.9. The number of aryl methyl sites for hydroxylation is 3. The Morgan fingerprint density at radius 3 is 2.78 bits per heavy atom. The van der Waals surface area contributed by atoms with Crippen LogP contribution in [0.15, 0.2) is 15.0 Å². The first kappa shape index (κ1) is 15.7. The fraction of sp³-hybridized carbons (Fsp3) is 0.562. The molecule has 3 heterocycles. The van der Waals surface area contributed by atoms with Gasteiger partial charge >= 0.3 is 0 Å². The highest BCUT2D eigenvalue weighted by Gasteiger charge is 2.33. The van der Waals surface area contributed by atoms with Crippen LogP contribution in [-0.4, -0.2) is 52.5 Å². The highest BCUT2D eigenvalue weighted by Crippen LogP contribution is 2.25. The molecule has 124 valence electrons. The average molecular weight is 318 g/mol. The number of amides is 1. The second-order valence-electron chi connectivity index (χ2n) is 6.00. The van der Waals surface area contributed by atoms with Crippen LogP contribution < -0.4 is 0 Å². The highest BCUT2D eigenvalue weighted by molar-refractivity contribution is 5.92. The zero-order chi connectivity index (χ0) is 16.6. The molecule has 0 bridgehead atoms. The Labute approximate surface area is 135 Å². The molecule has 2 aromatic rings. The number of furan rings is 1. The van der Waals surface area contributed by atoms with Gasteiger partial charge in [0.2, 0.25) is 5.89 Å². The van der Waals surface area contributed by atoms with Gasteiger partial charge in [0.1, 0.15) is 11.8 Å². The van der Waals surface area contributed by atoms with Crippen LogP contribution in [0.4, 0.5) is 0 Å². The summed E-state index contributed by atoms with van der Waals surface area (Å²) in [7, 11) is 2.00. The van der Waals surface area contributed by atoms with E-state index >= 15 is 0 Å². The number of hydrogen-bond acceptors (Lipinski definition) is 6. The van der Waals surface area contributed by atoms with Crippen LogP contribution in [0.2, 0.25) is 0 Å². The zero-order valence-electron chi connectivity index (χ0n) is 14.0. The third kappa shape index (κ3) is 3.01. The Morgan fingerprint density at radius 2 is 2.17 bits per heavy atom. The van der Waals surface area contributed by atoms with E-state index in [2.05, 4.69) is 15.0 Å². The normalized spacial score (nSPS) is 19.3. The molecule has 0 radical (unpaired) electrons. The first-order valence-electron chi connectivity index (χ1n) is 7.88. The molecule has 7 heteroatoms. The van der Waals surface area contributed by atoms with Gasteiger partial charge in [-0.1, -0.05) is 12.1 Å². The van der Waals surface area contributed by atoms with Crippen LogP contribution in [0.25, 0.3) is 0 Å². The maximum absolute atomic E-state index is 12.7. The van der Waals surface area contributed by atoms with E-state index < -0.39 is 0 Å². The average Bonchev–Trinajstić information content (AvgIpc) is 3.13. The van der Waals surface area contributed by atoms with E-state index in [4.69, 9.17) is 8.94 Å². The largest absolute Gasteiger partial charge is 0.456 e. The second kappa shape index (κ2) is 6.16. The summed E-state index contributed by atoms with van der Waals surface area (Å²) in [5.41, 5.74) is 1.02. The van der Waals surface area contributed by atoms with Crippen molar-refractivity contribution in [1.29, 1.82) is 0 Å². The molecular weight excluding hydrogens is 296 g/mol. The van der Waals surface area contributed by atoms with Crippen molar-refractivity contribution in [2.45, 2.75) is 33.2 Å². The number of carbonyl (C=O) groups is 1. The molecule has 0 N–H and O–H groups in total. The summed E-state index contributed by atoms with van der Waals surface area (Å²) in [5, 5.41) is 3.85. The molecule has 1 fully saturated rings. The van der Waals surface area contributed by atoms with Crippen LogP contribution in [0.1, 0.15) is 46.6 Å². The van der Waals surface area contributed by atoms with Crippen LogP contribution in [-0.2, 0) is 6.42 Å². The molecule has 0 aromatic carbocycles. The van der Waals surface area contributed by atoms with Crippen LogP contribution in [0.3, 0.4) is 0 Å². The van der Waals surface area contributed by atoms with E-state index in [0.29, 0.717) is 30.6 Å². The smallest absolute Gasteiger partial charge is 0.289 e. The molecule has 2 aromatic heterocycles. The standard InChI is InChI=1S/C16H22N4O3/c1-5-13-10(2)8-14(22-13)16(21)20-7-6-19(4)12(9-20)15-17-11(3)18-23-15/h8,12H,5-7,9H2,1-4H3. The van der Waals surface area contributed by atoms with E-state index in [1.165, 1.54) is 0 Å². The fourth-order valence-electron chi connectivity index (χ4n) is 2.91. The quantitative estimate of drug-likeness (QED) is 0.861. The van der Waals surface area contributed by atoms with Crippen molar-refractivity contribution in [3.8, 4) is 0 Å². The van der Waals surface area contributed by atoms with E-state index in [1.54, 1.807) is 11.8 Å². The number of rotatable bonds is 3. The van der Waals surface area contributed by atoms with Crippen molar-refractivity contribution in [3.63, 3.8) is 0 Å². The topological polar surface area (TPSA) is 75.6 Å². The van der Waals surface area contributed by atoms with Gasteiger partial charge in [-0.15, -0.1) is 0 Å². The molecule has 3 rings (SSSR count). The molecule has 0 spiro atoms. The van der Waals surface area contributed by atoms with Crippen molar-refractivity contribution in [2.24, 2.45) is 0 Å². The third-order valence-electron chi connectivity index (χ3n) is 4.32. The molecule has 1 atom stereocenters. The summed E-state index contributed by atoms with van der Waals surface area (Å²) in [6.45, 7) is 7.68. The van der Waals surface area contributed by atoms with Crippen molar-refractivity contribution in [2.75, 3.05) is 26.7 Å². The SMILES string of the molecule is CCc1oc(C(=O)N2CCN(C)C(c3nc(C)no3)C2)cc1C. The van der Waals surface area contributed by atoms with Crippen LogP contribution in [0.5, 0.6) is 0 Å². The monoisotopic (exact) mass is 318 g/mol. The Hall–Kier alpha value is -2.15. The van der Waals surface area contributed by atoms with Crippen LogP contribution >= 0.6 is 0 Å². The van der Waals surface area contributed by atoms with Crippen LogP contribution in [0, 0.1) is 13.8 Å². The minimum Gasteiger partial charge on any atom is -0.456 e. The molecule has 0 aliphatic carbocycles. The van der Waals surface area contributed by atoms with E-state index in [1.807, 2.05) is 27.0 Å². The molecule has 1 aliphatic heterocycles. The lowest BCUT2D eigenvalue weighted by molar-refractivity contribution is 0.0460. The number of carbonyl (C=O) groups excluding carboxylic acids is 1. The lowest BCUT2D eigenvalue weighted by atomic mass is 10.1. The Morgan fingerprint density at radius 1 is 1.39 bits per heavy atom. The predicted octanol–water partition coefficient (Wildman–Crippen LogP) is 1.97. The number of piperazine rings is 1. The molecule has 1 saturated heterocycles. The van der Waals surface area contributed by atoms with Crippen molar-refractivity contribution >= 4 is 5.91 Å². The summed E-state index contributed by atoms with van der Waals surface area (Å²) in [6.07, 6.45) is 0.783. The number of likely N-dealkylation sites (N-methyl/N-ethyl adjacent to an activating group) is 1. The van der Waals surface area contributed by atoms with Gasteiger partial charge in [-0.25, -0.2) is 0 Å². The predicted molar refractivity (Wildman–Crippen MR) is 83.1 cm³/mol. The minimum atomic E-state index is -0.0874. The van der Waals surface area contributed by atoms with Crippen molar-refractivity contribution < 1.29 is 13.7 Å². The molecule has 0 saturated carbocycles. The molecular formula is C16H22N4O3. The van der Waals surface area contributed by atoms with Gasteiger partial charge in [-0.05, 0) is 32.5 Å². The van der Waals surface area contributed by atoms with Gasteiger partial charge < -0.3 is 13.8 Å². The minimum absolute atomic E-state index is 0.0814. The maximum Gasteiger partial charge on any atom is 0.289 e. The van der Waals surface area contributed by atoms with Gasteiger partial charge in [0.05, 0.1) is 0 Å². The summed E-state index contributed by atoms with van der Waals surface area (Å²) < 4.78 is 11.0. The Kier molecular flexibility index (Phi) is 4.21. The fourth-order valence-corrected chi connectivity index (χ4v) is 2.91. The van der Waals surface area contributed by atoms with Gasteiger partial charge in [0.15, 0.2) is 11.6 Å². The molecule has 23 heavy (non-hydrogen) atoms. The number of aromatic nitrogens is 2. The summed E-state index contributed by atoms with van der Waals surface area (Å²) >= 11 is 0. The summed E-state index contributed by atoms with van der Waals surface area (Å²) in [6, 6.07) is 1.74. The maximum atomic E-state index is 12.7. The van der Waals surface area contributed by atoms with Gasteiger partial charge in [-0.2, -0.15) is 4.98 Å². The van der Waals surface area contributed by atoms with Gasteiger partial charge in [-0.3, -0.25) is 9.69 Å². The van der Waals surface area contributed by atoms with E-state index in [9.17, 15) is 4.79 Å². The van der Waals surface area contributed by atoms with Crippen molar-refractivity contribution in [1.82, 2.24) is 19.9 Å². The summed E-state index contributed by atoms with van der Waals surface area (Å²) in [5.74, 6) is 2.34.